The molecular weight excluding hydrogens is 300 g/mol. The van der Waals surface area contributed by atoms with Gasteiger partial charge in [-0.05, 0) is 24.3 Å². The van der Waals surface area contributed by atoms with Gasteiger partial charge in [-0.25, -0.2) is 0 Å². The summed E-state index contributed by atoms with van der Waals surface area (Å²) in [5.41, 5.74) is 0.963. The normalized spacial score (nSPS) is 30.1. The van der Waals surface area contributed by atoms with E-state index >= 15 is 0 Å². The third-order valence-corrected chi connectivity index (χ3v) is 6.32. The second kappa shape index (κ2) is 6.49. The molecule has 1 aromatic rings. The molecule has 1 aromatic carbocycles. The fourth-order valence-electron chi connectivity index (χ4n) is 4.72. The standard InChI is InChI=1S/C20H28N2O2/c1-16-14-22(15-18(16)21-10-12-24-13-11-21)19(23)20(8-5-9-20)17-6-3-2-4-7-17/h2-4,6-7,16,18H,5,8-15H2,1H3/t16-,18+/m0/s1. The van der Waals surface area contributed by atoms with Crippen molar-refractivity contribution >= 4 is 5.91 Å². The lowest BCUT2D eigenvalue weighted by Gasteiger charge is -2.43. The number of hydrogen-bond donors (Lipinski definition) is 0. The van der Waals surface area contributed by atoms with Crippen molar-refractivity contribution < 1.29 is 9.53 Å². The van der Waals surface area contributed by atoms with E-state index in [4.69, 9.17) is 4.74 Å². The molecule has 1 amide bonds. The van der Waals surface area contributed by atoms with Crippen LogP contribution in [0.25, 0.3) is 0 Å². The Bertz CT molecular complexity index is 579. The van der Waals surface area contributed by atoms with Crippen LogP contribution in [-0.4, -0.2) is 61.1 Å². The molecule has 0 radical (unpaired) electrons. The summed E-state index contributed by atoms with van der Waals surface area (Å²) >= 11 is 0. The zero-order valence-corrected chi connectivity index (χ0v) is 14.6. The summed E-state index contributed by atoms with van der Waals surface area (Å²) in [5.74, 6) is 0.905. The van der Waals surface area contributed by atoms with Gasteiger partial charge in [-0.2, -0.15) is 0 Å². The summed E-state index contributed by atoms with van der Waals surface area (Å²) in [6.07, 6.45) is 3.17. The molecular formula is C20H28N2O2. The minimum absolute atomic E-state index is 0.249. The Labute approximate surface area is 144 Å². The molecule has 0 N–H and O–H groups in total. The predicted molar refractivity (Wildman–Crippen MR) is 93.9 cm³/mol. The summed E-state index contributed by atoms with van der Waals surface area (Å²) in [4.78, 5) is 18.1. The highest BCUT2D eigenvalue weighted by Crippen LogP contribution is 2.46. The molecule has 2 atom stereocenters. The molecule has 24 heavy (non-hydrogen) atoms. The topological polar surface area (TPSA) is 32.8 Å². The van der Waals surface area contributed by atoms with Crippen molar-refractivity contribution in [1.82, 2.24) is 9.80 Å². The van der Waals surface area contributed by atoms with Crippen LogP contribution in [-0.2, 0) is 14.9 Å². The molecule has 0 aromatic heterocycles. The van der Waals surface area contributed by atoms with E-state index in [9.17, 15) is 4.79 Å². The second-order valence-electron chi connectivity index (χ2n) is 7.70. The predicted octanol–water partition coefficient (Wildman–Crippen LogP) is 2.29. The van der Waals surface area contributed by atoms with Gasteiger partial charge in [0.05, 0.1) is 18.6 Å². The molecule has 3 aliphatic rings. The number of rotatable bonds is 3. The number of ether oxygens (including phenoxy) is 1. The average Bonchev–Trinajstić information content (AvgIpc) is 2.97. The fourth-order valence-corrected chi connectivity index (χ4v) is 4.72. The Balaban J connectivity index is 1.50. The summed E-state index contributed by atoms with van der Waals surface area (Å²) in [6.45, 7) is 7.73. The van der Waals surface area contributed by atoms with E-state index in [1.54, 1.807) is 0 Å². The second-order valence-corrected chi connectivity index (χ2v) is 7.70. The number of likely N-dealkylation sites (tertiary alicyclic amines) is 1. The van der Waals surface area contributed by atoms with Crippen LogP contribution in [0.15, 0.2) is 30.3 Å². The monoisotopic (exact) mass is 328 g/mol. The number of carbonyl (C=O) groups excluding carboxylic acids is 1. The van der Waals surface area contributed by atoms with E-state index in [2.05, 4.69) is 41.0 Å². The smallest absolute Gasteiger partial charge is 0.233 e. The van der Waals surface area contributed by atoms with Crippen LogP contribution in [0, 0.1) is 5.92 Å². The Kier molecular flexibility index (Phi) is 4.35. The lowest BCUT2D eigenvalue weighted by atomic mass is 9.63. The van der Waals surface area contributed by atoms with Crippen LogP contribution in [0.2, 0.25) is 0 Å². The molecule has 0 unspecified atom stereocenters. The van der Waals surface area contributed by atoms with E-state index in [1.165, 1.54) is 5.56 Å². The minimum atomic E-state index is -0.249. The number of benzene rings is 1. The average molecular weight is 328 g/mol. The zero-order chi connectivity index (χ0) is 16.6. The third kappa shape index (κ3) is 2.66. The maximum atomic E-state index is 13.4. The molecule has 2 aliphatic heterocycles. The third-order valence-electron chi connectivity index (χ3n) is 6.32. The molecule has 4 nitrogen and oxygen atoms in total. The van der Waals surface area contributed by atoms with Gasteiger partial charge < -0.3 is 9.64 Å². The first-order valence-electron chi connectivity index (χ1n) is 9.37. The molecule has 2 heterocycles. The largest absolute Gasteiger partial charge is 0.379 e. The Hall–Kier alpha value is -1.39. The van der Waals surface area contributed by atoms with Crippen molar-refractivity contribution in [1.29, 1.82) is 0 Å². The number of carbonyl (C=O) groups is 1. The van der Waals surface area contributed by atoms with Crippen molar-refractivity contribution in [3.05, 3.63) is 35.9 Å². The van der Waals surface area contributed by atoms with Gasteiger partial charge in [-0.3, -0.25) is 9.69 Å². The van der Waals surface area contributed by atoms with Crippen LogP contribution < -0.4 is 0 Å². The maximum Gasteiger partial charge on any atom is 0.233 e. The molecule has 4 heteroatoms. The molecule has 4 rings (SSSR count). The SMILES string of the molecule is C[C@H]1CN(C(=O)C2(c3ccccc3)CCC2)C[C@H]1N1CCOCC1. The molecule has 130 valence electrons. The minimum Gasteiger partial charge on any atom is -0.379 e. The van der Waals surface area contributed by atoms with E-state index in [0.717, 1.165) is 58.7 Å². The van der Waals surface area contributed by atoms with Gasteiger partial charge in [0, 0.05) is 32.2 Å². The van der Waals surface area contributed by atoms with E-state index in [0.29, 0.717) is 17.9 Å². The Morgan fingerprint density at radius 3 is 2.46 bits per heavy atom. The number of amides is 1. The van der Waals surface area contributed by atoms with Gasteiger partial charge in [-0.1, -0.05) is 43.7 Å². The quantitative estimate of drug-likeness (QED) is 0.853. The van der Waals surface area contributed by atoms with Gasteiger partial charge in [0.15, 0.2) is 0 Å². The van der Waals surface area contributed by atoms with E-state index < -0.39 is 0 Å². The summed E-state index contributed by atoms with van der Waals surface area (Å²) < 4.78 is 5.49. The van der Waals surface area contributed by atoms with Gasteiger partial charge in [-0.15, -0.1) is 0 Å². The highest BCUT2D eigenvalue weighted by atomic mass is 16.5. The molecule has 1 aliphatic carbocycles. The van der Waals surface area contributed by atoms with Crippen molar-refractivity contribution in [3.8, 4) is 0 Å². The number of hydrogen-bond acceptors (Lipinski definition) is 3. The zero-order valence-electron chi connectivity index (χ0n) is 14.6. The van der Waals surface area contributed by atoms with Crippen molar-refractivity contribution in [2.24, 2.45) is 5.92 Å². The molecule has 0 bridgehead atoms. The molecule has 0 spiro atoms. The maximum absolute atomic E-state index is 13.4. The van der Waals surface area contributed by atoms with Crippen LogP contribution in [0.3, 0.4) is 0 Å². The summed E-state index contributed by atoms with van der Waals surface area (Å²) in [6, 6.07) is 10.9. The van der Waals surface area contributed by atoms with Gasteiger partial charge >= 0.3 is 0 Å². The van der Waals surface area contributed by atoms with Crippen LogP contribution in [0.4, 0.5) is 0 Å². The lowest BCUT2D eigenvalue weighted by molar-refractivity contribution is -0.140. The van der Waals surface area contributed by atoms with Gasteiger partial charge in [0.1, 0.15) is 0 Å². The summed E-state index contributed by atoms with van der Waals surface area (Å²) in [5, 5.41) is 0. The number of nitrogens with zero attached hydrogens (tertiary/aromatic N) is 2. The van der Waals surface area contributed by atoms with Crippen LogP contribution >= 0.6 is 0 Å². The Morgan fingerprint density at radius 1 is 1.12 bits per heavy atom. The molecule has 3 fully saturated rings. The molecule has 1 saturated carbocycles. The van der Waals surface area contributed by atoms with E-state index in [-0.39, 0.29) is 5.41 Å². The number of morpholine rings is 1. The van der Waals surface area contributed by atoms with Crippen molar-refractivity contribution in [3.63, 3.8) is 0 Å². The van der Waals surface area contributed by atoms with Crippen molar-refractivity contribution in [2.45, 2.75) is 37.6 Å². The first-order chi connectivity index (χ1) is 11.7. The fraction of sp³-hybridized carbons (Fsp3) is 0.650. The van der Waals surface area contributed by atoms with Crippen LogP contribution in [0.1, 0.15) is 31.7 Å². The highest BCUT2D eigenvalue weighted by Gasteiger charge is 2.50. The van der Waals surface area contributed by atoms with Crippen LogP contribution in [0.5, 0.6) is 0 Å². The Morgan fingerprint density at radius 2 is 1.83 bits per heavy atom. The lowest BCUT2D eigenvalue weighted by Crippen LogP contribution is -2.51. The van der Waals surface area contributed by atoms with E-state index in [1.807, 2.05) is 6.07 Å². The molecule has 2 saturated heterocycles. The van der Waals surface area contributed by atoms with Gasteiger partial charge in [0.2, 0.25) is 5.91 Å². The summed E-state index contributed by atoms with van der Waals surface area (Å²) in [7, 11) is 0. The highest BCUT2D eigenvalue weighted by molar-refractivity contribution is 5.89. The van der Waals surface area contributed by atoms with Gasteiger partial charge in [0.25, 0.3) is 0 Å². The first kappa shape index (κ1) is 16.1. The first-order valence-corrected chi connectivity index (χ1v) is 9.37. The van der Waals surface area contributed by atoms with Crippen molar-refractivity contribution in [2.75, 3.05) is 39.4 Å².